The fourth-order valence-electron chi connectivity index (χ4n) is 3.88. The van der Waals surface area contributed by atoms with Gasteiger partial charge in [-0.3, -0.25) is 0 Å². The molecular formula is C26H47N. The average Bonchev–Trinajstić information content (AvgIpc) is 2.68. The molecule has 0 saturated carbocycles. The van der Waals surface area contributed by atoms with Crippen molar-refractivity contribution in [3.63, 3.8) is 0 Å². The predicted octanol–water partition coefficient (Wildman–Crippen LogP) is 9.09. The van der Waals surface area contributed by atoms with Crippen molar-refractivity contribution in [1.82, 2.24) is 0 Å². The van der Waals surface area contributed by atoms with E-state index in [9.17, 15) is 0 Å². The molecule has 1 heteroatoms. The van der Waals surface area contributed by atoms with Gasteiger partial charge < -0.3 is 5.32 Å². The minimum atomic E-state index is 0.592. The molecule has 0 aromatic heterocycles. The molecule has 0 unspecified atom stereocenters. The monoisotopic (exact) mass is 373 g/mol. The highest BCUT2D eigenvalue weighted by Crippen LogP contribution is 2.23. The third-order valence-corrected chi connectivity index (χ3v) is 5.68. The second-order valence-corrected chi connectivity index (χ2v) is 8.62. The Kier molecular flexibility index (Phi) is 15.3. The zero-order chi connectivity index (χ0) is 19.6. The van der Waals surface area contributed by atoms with Crippen molar-refractivity contribution in [3.05, 3.63) is 29.8 Å². The van der Waals surface area contributed by atoms with Crippen molar-refractivity contribution in [2.24, 2.45) is 0 Å². The Morgan fingerprint density at radius 2 is 1.07 bits per heavy atom. The van der Waals surface area contributed by atoms with Gasteiger partial charge in [-0.05, 0) is 24.0 Å². The molecule has 0 aliphatic carbocycles. The highest BCUT2D eigenvalue weighted by atomic mass is 14.9. The summed E-state index contributed by atoms with van der Waals surface area (Å²) in [5, 5.41) is 3.64. The summed E-state index contributed by atoms with van der Waals surface area (Å²) in [6.45, 7) is 7.95. The molecule has 1 N–H and O–H groups in total. The van der Waals surface area contributed by atoms with Crippen LogP contribution in [-0.2, 0) is 0 Å². The van der Waals surface area contributed by atoms with Crippen LogP contribution in [0.15, 0.2) is 24.3 Å². The van der Waals surface area contributed by atoms with Crippen LogP contribution in [0.3, 0.4) is 0 Å². The first kappa shape index (κ1) is 24.1. The van der Waals surface area contributed by atoms with E-state index in [0.29, 0.717) is 5.92 Å². The zero-order valence-electron chi connectivity index (χ0n) is 18.7. The van der Waals surface area contributed by atoms with Crippen LogP contribution >= 0.6 is 0 Å². The molecule has 1 rings (SSSR count). The fraction of sp³-hybridized carbons (Fsp3) is 0.769. The van der Waals surface area contributed by atoms with Crippen LogP contribution in [0.2, 0.25) is 0 Å². The number of nitrogens with one attached hydrogen (secondary N) is 1. The maximum atomic E-state index is 3.64. The van der Waals surface area contributed by atoms with Gasteiger partial charge in [-0.1, -0.05) is 129 Å². The minimum absolute atomic E-state index is 0.592. The zero-order valence-corrected chi connectivity index (χ0v) is 18.7. The molecule has 0 aliphatic rings. The van der Waals surface area contributed by atoms with Gasteiger partial charge in [-0.15, -0.1) is 0 Å². The summed E-state index contributed by atoms with van der Waals surface area (Å²) in [5.41, 5.74) is 2.77. The van der Waals surface area contributed by atoms with E-state index in [1.54, 1.807) is 0 Å². The van der Waals surface area contributed by atoms with Crippen molar-refractivity contribution in [2.75, 3.05) is 11.9 Å². The molecule has 156 valence electrons. The Morgan fingerprint density at radius 1 is 0.630 bits per heavy atom. The Bertz CT molecular complexity index is 438. The van der Waals surface area contributed by atoms with Gasteiger partial charge in [-0.25, -0.2) is 0 Å². The summed E-state index contributed by atoms with van der Waals surface area (Å²) >= 11 is 0. The van der Waals surface area contributed by atoms with Gasteiger partial charge in [0, 0.05) is 12.2 Å². The van der Waals surface area contributed by atoms with E-state index < -0.39 is 0 Å². The molecule has 0 radical (unpaired) electrons. The number of rotatable bonds is 18. The molecule has 0 bridgehead atoms. The average molecular weight is 374 g/mol. The molecule has 27 heavy (non-hydrogen) atoms. The summed E-state index contributed by atoms with van der Waals surface area (Å²) < 4.78 is 0. The van der Waals surface area contributed by atoms with Gasteiger partial charge in [0.25, 0.3) is 0 Å². The van der Waals surface area contributed by atoms with Gasteiger partial charge in [-0.2, -0.15) is 0 Å². The van der Waals surface area contributed by atoms with Gasteiger partial charge in [0.2, 0.25) is 0 Å². The Labute approximate surface area is 170 Å². The molecule has 1 aromatic carbocycles. The number of hydrogen-bond acceptors (Lipinski definition) is 1. The molecule has 0 atom stereocenters. The number of anilines is 1. The molecular weight excluding hydrogens is 326 g/mol. The highest BCUT2D eigenvalue weighted by Gasteiger charge is 2.04. The van der Waals surface area contributed by atoms with E-state index in [1.807, 2.05) is 0 Å². The predicted molar refractivity (Wildman–Crippen MR) is 124 cm³/mol. The van der Waals surface area contributed by atoms with Crippen molar-refractivity contribution >= 4 is 5.69 Å². The quantitative estimate of drug-likeness (QED) is 0.253. The van der Waals surface area contributed by atoms with E-state index in [0.717, 1.165) is 6.54 Å². The molecule has 0 heterocycles. The minimum Gasteiger partial charge on any atom is -0.385 e. The van der Waals surface area contributed by atoms with E-state index >= 15 is 0 Å². The molecule has 1 aromatic rings. The van der Waals surface area contributed by atoms with Gasteiger partial charge in [0.05, 0.1) is 0 Å². The van der Waals surface area contributed by atoms with Crippen LogP contribution in [0.4, 0.5) is 5.69 Å². The summed E-state index contributed by atoms with van der Waals surface area (Å²) in [6, 6.07) is 8.76. The number of unbranched alkanes of at least 4 members (excludes halogenated alkanes) is 14. The molecule has 0 spiro atoms. The molecule has 0 amide bonds. The van der Waals surface area contributed by atoms with E-state index in [2.05, 4.69) is 50.4 Å². The van der Waals surface area contributed by atoms with Crippen molar-refractivity contribution in [3.8, 4) is 0 Å². The van der Waals surface area contributed by atoms with Crippen molar-refractivity contribution in [1.29, 1.82) is 0 Å². The lowest BCUT2D eigenvalue weighted by Crippen LogP contribution is -2.04. The molecule has 0 fully saturated rings. The second kappa shape index (κ2) is 17.1. The van der Waals surface area contributed by atoms with Crippen molar-refractivity contribution in [2.45, 2.75) is 123 Å². The van der Waals surface area contributed by atoms with Crippen LogP contribution in [0.25, 0.3) is 0 Å². The van der Waals surface area contributed by atoms with Crippen molar-refractivity contribution < 1.29 is 0 Å². The summed E-state index contributed by atoms with van der Waals surface area (Å²) in [6.07, 6.45) is 21.4. The summed E-state index contributed by atoms with van der Waals surface area (Å²) in [5.74, 6) is 0.592. The van der Waals surface area contributed by atoms with Crippen LogP contribution in [0.1, 0.15) is 129 Å². The van der Waals surface area contributed by atoms with Crippen LogP contribution in [0.5, 0.6) is 0 Å². The highest BCUT2D eigenvalue weighted by molar-refractivity contribution is 5.52. The third kappa shape index (κ3) is 12.9. The van der Waals surface area contributed by atoms with E-state index in [1.165, 1.54) is 108 Å². The van der Waals surface area contributed by atoms with Crippen LogP contribution in [0, 0.1) is 0 Å². The summed E-state index contributed by atoms with van der Waals surface area (Å²) in [4.78, 5) is 0. The topological polar surface area (TPSA) is 12.0 Å². The lowest BCUT2D eigenvalue weighted by molar-refractivity contribution is 0.533. The largest absolute Gasteiger partial charge is 0.385 e. The number of para-hydroxylation sites is 1. The van der Waals surface area contributed by atoms with E-state index in [4.69, 9.17) is 0 Å². The standard InChI is InChI=1S/C26H47N/c1-4-5-6-7-8-9-10-11-12-13-14-15-16-17-20-23-27-26-22-19-18-21-25(26)24(2)3/h18-19,21-22,24,27H,4-17,20,23H2,1-3H3. The third-order valence-electron chi connectivity index (χ3n) is 5.68. The van der Waals surface area contributed by atoms with Crippen LogP contribution in [-0.4, -0.2) is 6.54 Å². The lowest BCUT2D eigenvalue weighted by atomic mass is 10.0. The SMILES string of the molecule is CCCCCCCCCCCCCCCCCNc1ccccc1C(C)C. The Hall–Kier alpha value is -0.980. The van der Waals surface area contributed by atoms with Gasteiger partial charge in [0.15, 0.2) is 0 Å². The smallest absolute Gasteiger partial charge is 0.0375 e. The molecule has 1 nitrogen and oxygen atoms in total. The summed E-state index contributed by atoms with van der Waals surface area (Å²) in [7, 11) is 0. The lowest BCUT2D eigenvalue weighted by Gasteiger charge is -2.14. The second-order valence-electron chi connectivity index (χ2n) is 8.62. The maximum absolute atomic E-state index is 3.64. The number of benzene rings is 1. The normalized spacial score (nSPS) is 11.3. The molecule has 0 aliphatic heterocycles. The van der Waals surface area contributed by atoms with Crippen LogP contribution < -0.4 is 5.32 Å². The molecule has 0 saturated heterocycles. The first-order valence-electron chi connectivity index (χ1n) is 12.1. The first-order chi connectivity index (χ1) is 13.3. The number of hydrogen-bond donors (Lipinski definition) is 1. The van der Waals surface area contributed by atoms with Gasteiger partial charge in [0.1, 0.15) is 0 Å². The Balaban J connectivity index is 1.85. The maximum Gasteiger partial charge on any atom is 0.0375 e. The Morgan fingerprint density at radius 3 is 1.56 bits per heavy atom. The fourth-order valence-corrected chi connectivity index (χ4v) is 3.88. The van der Waals surface area contributed by atoms with E-state index in [-0.39, 0.29) is 0 Å². The first-order valence-corrected chi connectivity index (χ1v) is 12.1. The van der Waals surface area contributed by atoms with Gasteiger partial charge >= 0.3 is 0 Å².